The third-order valence-corrected chi connectivity index (χ3v) is 6.30. The van der Waals surface area contributed by atoms with Crippen LogP contribution in [-0.4, -0.2) is 22.9 Å². The molecule has 0 saturated carbocycles. The number of benzene rings is 2. The molecule has 0 saturated heterocycles. The molecule has 1 aliphatic rings. The Balaban J connectivity index is 1.62. The molecule has 0 fully saturated rings. The van der Waals surface area contributed by atoms with Gasteiger partial charge >= 0.3 is 0 Å². The van der Waals surface area contributed by atoms with Gasteiger partial charge in [0.1, 0.15) is 17.6 Å². The molecule has 2 aromatic carbocycles. The molecule has 148 valence electrons. The Hall–Kier alpha value is -2.21. The van der Waals surface area contributed by atoms with Gasteiger partial charge in [-0.15, -0.1) is 11.8 Å². The van der Waals surface area contributed by atoms with Gasteiger partial charge in [0.25, 0.3) is 0 Å². The minimum Gasteiger partial charge on any atom is -0.459 e. The van der Waals surface area contributed by atoms with E-state index in [4.69, 9.17) is 27.6 Å². The van der Waals surface area contributed by atoms with Crippen molar-refractivity contribution in [2.24, 2.45) is 5.10 Å². The van der Waals surface area contributed by atoms with E-state index in [1.165, 1.54) is 16.8 Å². The number of hydrogen-bond acceptors (Lipinski definition) is 4. The SMILES string of the molecule is CSc1ccc(C2=NN(C(C)=O)C(c3ccc(-c4ccc(Cl)c(Cl)c4)o3)C2)cc1. The number of carbonyl (C=O) groups is 1. The largest absolute Gasteiger partial charge is 0.459 e. The summed E-state index contributed by atoms with van der Waals surface area (Å²) in [4.78, 5) is 13.4. The van der Waals surface area contributed by atoms with Gasteiger partial charge in [0.05, 0.1) is 15.8 Å². The van der Waals surface area contributed by atoms with Gasteiger partial charge in [-0.2, -0.15) is 5.10 Å². The fourth-order valence-corrected chi connectivity index (χ4v) is 4.02. The molecule has 7 heteroatoms. The van der Waals surface area contributed by atoms with Gasteiger partial charge in [0.15, 0.2) is 0 Å². The Bertz CT molecular complexity index is 1090. The first kappa shape index (κ1) is 20.1. The van der Waals surface area contributed by atoms with Crippen molar-refractivity contribution in [2.75, 3.05) is 6.26 Å². The van der Waals surface area contributed by atoms with Crippen LogP contribution in [0.3, 0.4) is 0 Å². The van der Waals surface area contributed by atoms with Crippen molar-refractivity contribution in [3.05, 3.63) is 76.0 Å². The molecule has 0 radical (unpaired) electrons. The summed E-state index contributed by atoms with van der Waals surface area (Å²) in [6.45, 7) is 1.51. The van der Waals surface area contributed by atoms with Gasteiger partial charge in [0, 0.05) is 23.8 Å². The number of rotatable bonds is 4. The minimum absolute atomic E-state index is 0.127. The van der Waals surface area contributed by atoms with Crippen LogP contribution >= 0.6 is 35.0 Å². The third kappa shape index (κ3) is 4.08. The van der Waals surface area contributed by atoms with Crippen LogP contribution in [0.1, 0.15) is 30.7 Å². The Morgan fingerprint density at radius 2 is 1.79 bits per heavy atom. The van der Waals surface area contributed by atoms with Gasteiger partial charge in [0.2, 0.25) is 5.91 Å². The second kappa shape index (κ2) is 8.27. The first-order valence-electron chi connectivity index (χ1n) is 9.03. The van der Waals surface area contributed by atoms with Crippen LogP contribution in [0.25, 0.3) is 11.3 Å². The van der Waals surface area contributed by atoms with Gasteiger partial charge in [-0.1, -0.05) is 35.3 Å². The smallest absolute Gasteiger partial charge is 0.240 e. The summed E-state index contributed by atoms with van der Waals surface area (Å²) in [6.07, 6.45) is 2.63. The molecular formula is C22H18Cl2N2O2S. The average molecular weight is 445 g/mol. The number of carbonyl (C=O) groups excluding carboxylic acids is 1. The van der Waals surface area contributed by atoms with Crippen molar-refractivity contribution < 1.29 is 9.21 Å². The summed E-state index contributed by atoms with van der Waals surface area (Å²) in [6, 6.07) is 17.0. The molecule has 3 aromatic rings. The topological polar surface area (TPSA) is 45.8 Å². The fraction of sp³-hybridized carbons (Fsp3) is 0.182. The summed E-state index contributed by atoms with van der Waals surface area (Å²) >= 11 is 13.8. The molecule has 0 N–H and O–H groups in total. The molecule has 0 aliphatic carbocycles. The zero-order chi connectivity index (χ0) is 20.5. The predicted molar refractivity (Wildman–Crippen MR) is 119 cm³/mol. The lowest BCUT2D eigenvalue weighted by Crippen LogP contribution is -2.23. The van der Waals surface area contributed by atoms with Crippen molar-refractivity contribution in [1.29, 1.82) is 0 Å². The summed E-state index contributed by atoms with van der Waals surface area (Å²) in [7, 11) is 0. The van der Waals surface area contributed by atoms with E-state index in [2.05, 4.69) is 17.2 Å². The van der Waals surface area contributed by atoms with Gasteiger partial charge < -0.3 is 4.42 Å². The summed E-state index contributed by atoms with van der Waals surface area (Å²) in [5.74, 6) is 1.22. The minimum atomic E-state index is -0.278. The number of halogens is 2. The Morgan fingerprint density at radius 1 is 1.07 bits per heavy atom. The van der Waals surface area contributed by atoms with Crippen molar-refractivity contribution in [2.45, 2.75) is 24.3 Å². The molecular weight excluding hydrogens is 427 g/mol. The molecule has 2 heterocycles. The molecule has 1 aromatic heterocycles. The van der Waals surface area contributed by atoms with Gasteiger partial charge in [-0.05, 0) is 54.3 Å². The second-order valence-corrected chi connectivity index (χ2v) is 8.38. The molecule has 29 heavy (non-hydrogen) atoms. The molecule has 0 spiro atoms. The number of hydrogen-bond donors (Lipinski definition) is 0. The van der Waals surface area contributed by atoms with Crippen LogP contribution in [0.4, 0.5) is 0 Å². The number of hydrazone groups is 1. The zero-order valence-electron chi connectivity index (χ0n) is 15.9. The Labute approximate surface area is 183 Å². The predicted octanol–water partition coefficient (Wildman–Crippen LogP) is 6.67. The van der Waals surface area contributed by atoms with Crippen LogP contribution in [0.15, 0.2) is 69.0 Å². The fourth-order valence-electron chi connectivity index (χ4n) is 3.32. The highest BCUT2D eigenvalue weighted by molar-refractivity contribution is 7.98. The lowest BCUT2D eigenvalue weighted by molar-refractivity contribution is -0.130. The highest BCUT2D eigenvalue weighted by Gasteiger charge is 2.33. The average Bonchev–Trinajstić information content (AvgIpc) is 3.37. The van der Waals surface area contributed by atoms with E-state index in [1.54, 1.807) is 23.9 Å². The second-order valence-electron chi connectivity index (χ2n) is 6.69. The maximum absolute atomic E-state index is 12.2. The molecule has 1 unspecified atom stereocenters. The van der Waals surface area contributed by atoms with Crippen LogP contribution in [0.5, 0.6) is 0 Å². The number of thioether (sulfide) groups is 1. The van der Waals surface area contributed by atoms with E-state index in [-0.39, 0.29) is 11.9 Å². The van der Waals surface area contributed by atoms with Gasteiger partial charge in [-0.25, -0.2) is 5.01 Å². The number of amides is 1. The first-order valence-corrected chi connectivity index (χ1v) is 11.0. The molecule has 1 aliphatic heterocycles. The monoisotopic (exact) mass is 444 g/mol. The summed E-state index contributed by atoms with van der Waals surface area (Å²) < 4.78 is 6.08. The Kier molecular flexibility index (Phi) is 5.72. The van der Waals surface area contributed by atoms with E-state index in [9.17, 15) is 4.79 Å². The van der Waals surface area contributed by atoms with E-state index < -0.39 is 0 Å². The molecule has 0 bridgehead atoms. The third-order valence-electron chi connectivity index (χ3n) is 4.82. The lowest BCUT2D eigenvalue weighted by Gasteiger charge is -2.17. The quantitative estimate of drug-likeness (QED) is 0.421. The van der Waals surface area contributed by atoms with Crippen molar-refractivity contribution >= 4 is 46.6 Å². The highest BCUT2D eigenvalue weighted by atomic mass is 35.5. The van der Waals surface area contributed by atoms with Crippen LogP contribution < -0.4 is 0 Å². The van der Waals surface area contributed by atoms with Gasteiger partial charge in [-0.3, -0.25) is 4.79 Å². The maximum atomic E-state index is 12.2. The summed E-state index contributed by atoms with van der Waals surface area (Å²) in [5, 5.41) is 7.03. The van der Waals surface area contributed by atoms with E-state index in [0.29, 0.717) is 28.0 Å². The first-order chi connectivity index (χ1) is 14.0. The number of furan rings is 1. The molecule has 4 rings (SSSR count). The van der Waals surface area contributed by atoms with Crippen molar-refractivity contribution in [1.82, 2.24) is 5.01 Å². The summed E-state index contributed by atoms with van der Waals surface area (Å²) in [5.41, 5.74) is 2.70. The van der Waals surface area contributed by atoms with E-state index in [0.717, 1.165) is 16.8 Å². The molecule has 1 amide bonds. The maximum Gasteiger partial charge on any atom is 0.240 e. The highest BCUT2D eigenvalue weighted by Crippen LogP contribution is 2.37. The normalized spacial score (nSPS) is 16.2. The van der Waals surface area contributed by atoms with Crippen LogP contribution in [0.2, 0.25) is 10.0 Å². The molecule has 4 nitrogen and oxygen atoms in total. The Morgan fingerprint density at radius 3 is 2.45 bits per heavy atom. The van der Waals surface area contributed by atoms with Crippen molar-refractivity contribution in [3.8, 4) is 11.3 Å². The van der Waals surface area contributed by atoms with E-state index in [1.807, 2.05) is 36.6 Å². The molecule has 1 atom stereocenters. The van der Waals surface area contributed by atoms with E-state index >= 15 is 0 Å². The van der Waals surface area contributed by atoms with Crippen molar-refractivity contribution in [3.63, 3.8) is 0 Å². The van der Waals surface area contributed by atoms with Crippen LogP contribution in [0, 0.1) is 0 Å². The lowest BCUT2D eigenvalue weighted by atomic mass is 10.0. The zero-order valence-corrected chi connectivity index (χ0v) is 18.2. The number of nitrogens with zero attached hydrogens (tertiary/aromatic N) is 2. The van der Waals surface area contributed by atoms with Crippen LogP contribution in [-0.2, 0) is 4.79 Å². The standard InChI is InChI=1S/C22H18Cl2N2O2S/c1-13(27)26-20(12-19(25-26)14-3-6-16(29-2)7-4-14)22-10-9-21(28-22)15-5-8-17(23)18(24)11-15/h3-11,20H,12H2,1-2H3.